The summed E-state index contributed by atoms with van der Waals surface area (Å²) in [4.78, 5) is 29.9. The van der Waals surface area contributed by atoms with Gasteiger partial charge in [0.1, 0.15) is 18.2 Å². The minimum absolute atomic E-state index is 0.0467. The number of carbonyl (C=O) groups is 2. The number of nitrogens with one attached hydrogen (secondary N) is 1. The second-order valence-corrected chi connectivity index (χ2v) is 12.9. The molecule has 0 spiro atoms. The van der Waals surface area contributed by atoms with Gasteiger partial charge in [-0.25, -0.2) is 9.78 Å². The van der Waals surface area contributed by atoms with Crippen LogP contribution in [-0.4, -0.2) is 26.5 Å². The van der Waals surface area contributed by atoms with E-state index < -0.39 is 5.97 Å². The normalized spacial score (nSPS) is 15.1. The number of amides is 1. The van der Waals surface area contributed by atoms with Gasteiger partial charge in [-0.1, -0.05) is 80.2 Å². The standard InChI is InChI=1S/C38H41Cl2N3O4/c1-3-5-20-43-23-35(32-19-16-30(39)22-33(32)40)41-36(43)34(42-37(44)28-12-6-25(4-2)7-13-28)21-26-10-17-31(18-11-26)47-24-27-8-14-29(15-9-27)38(45)46/h8-12,14-19,22-23,25,34H,3-7,13,20-21,24H2,1-2H3,(H,42,44)(H,45,46)/t25?,34-/m0/s1. The number of hydrogen-bond donors (Lipinski definition) is 2. The van der Waals surface area contributed by atoms with Crippen LogP contribution in [0.25, 0.3) is 11.3 Å². The van der Waals surface area contributed by atoms with Crippen LogP contribution in [0.15, 0.2) is 84.6 Å². The molecular weight excluding hydrogens is 633 g/mol. The molecule has 1 aliphatic carbocycles. The third-order valence-electron chi connectivity index (χ3n) is 8.74. The van der Waals surface area contributed by atoms with E-state index >= 15 is 0 Å². The van der Waals surface area contributed by atoms with Gasteiger partial charge in [0.05, 0.1) is 22.3 Å². The topological polar surface area (TPSA) is 93.5 Å². The zero-order valence-corrected chi connectivity index (χ0v) is 28.4. The van der Waals surface area contributed by atoms with Crippen LogP contribution in [0.3, 0.4) is 0 Å². The Labute approximate surface area is 286 Å². The molecule has 0 saturated heterocycles. The van der Waals surface area contributed by atoms with Gasteiger partial charge in [0, 0.05) is 28.9 Å². The maximum Gasteiger partial charge on any atom is 0.335 e. The first-order valence-electron chi connectivity index (χ1n) is 16.3. The molecule has 7 nitrogen and oxygen atoms in total. The molecule has 1 amide bonds. The highest BCUT2D eigenvalue weighted by molar-refractivity contribution is 6.36. The van der Waals surface area contributed by atoms with E-state index in [2.05, 4.69) is 29.8 Å². The summed E-state index contributed by atoms with van der Waals surface area (Å²) in [5, 5.41) is 13.6. The van der Waals surface area contributed by atoms with Crippen LogP contribution in [0.4, 0.5) is 0 Å². The van der Waals surface area contributed by atoms with Crippen molar-refractivity contribution in [3.8, 4) is 17.0 Å². The number of allylic oxidation sites excluding steroid dienone is 1. The lowest BCUT2D eigenvalue weighted by Crippen LogP contribution is -2.33. The van der Waals surface area contributed by atoms with Gasteiger partial charge in [-0.3, -0.25) is 4.79 Å². The van der Waals surface area contributed by atoms with Gasteiger partial charge >= 0.3 is 5.97 Å². The highest BCUT2D eigenvalue weighted by Crippen LogP contribution is 2.32. The molecule has 5 rings (SSSR count). The van der Waals surface area contributed by atoms with Gasteiger partial charge in [-0.2, -0.15) is 0 Å². The van der Waals surface area contributed by atoms with Crippen LogP contribution in [0, 0.1) is 5.92 Å². The van der Waals surface area contributed by atoms with Crippen LogP contribution in [0.5, 0.6) is 5.75 Å². The molecule has 1 heterocycles. The number of carbonyl (C=O) groups excluding carboxylic acids is 1. The fraction of sp³-hybridized carbons (Fsp3) is 0.342. The van der Waals surface area contributed by atoms with Crippen molar-refractivity contribution < 1.29 is 19.4 Å². The Morgan fingerprint density at radius 3 is 2.43 bits per heavy atom. The number of ether oxygens (including phenoxy) is 1. The lowest BCUT2D eigenvalue weighted by molar-refractivity contribution is -0.118. The Balaban J connectivity index is 1.40. The summed E-state index contributed by atoms with van der Waals surface area (Å²) in [6, 6.07) is 19.5. The van der Waals surface area contributed by atoms with E-state index in [1.165, 1.54) is 0 Å². The van der Waals surface area contributed by atoms with Crippen LogP contribution in [0.2, 0.25) is 10.0 Å². The molecule has 0 aliphatic heterocycles. The average molecular weight is 675 g/mol. The Bertz CT molecular complexity index is 1710. The van der Waals surface area contributed by atoms with Gasteiger partial charge < -0.3 is 19.7 Å². The van der Waals surface area contributed by atoms with E-state index in [0.717, 1.165) is 78.9 Å². The number of aromatic carboxylic acids is 1. The van der Waals surface area contributed by atoms with E-state index in [-0.39, 0.29) is 17.5 Å². The Hall–Kier alpha value is -4.07. The molecule has 47 heavy (non-hydrogen) atoms. The maximum absolute atomic E-state index is 13.7. The van der Waals surface area contributed by atoms with Gasteiger partial charge in [0.2, 0.25) is 5.91 Å². The first-order chi connectivity index (χ1) is 22.7. The smallest absolute Gasteiger partial charge is 0.335 e. The Morgan fingerprint density at radius 2 is 1.79 bits per heavy atom. The highest BCUT2D eigenvalue weighted by Gasteiger charge is 2.26. The van der Waals surface area contributed by atoms with Crippen molar-refractivity contribution in [3.05, 3.63) is 117 Å². The lowest BCUT2D eigenvalue weighted by atomic mass is 9.87. The van der Waals surface area contributed by atoms with Gasteiger partial charge in [-0.05, 0) is 91.6 Å². The molecule has 2 N–H and O–H groups in total. The second-order valence-electron chi connectivity index (χ2n) is 12.1. The molecular formula is C38H41Cl2N3O4. The summed E-state index contributed by atoms with van der Waals surface area (Å²) in [5.74, 6) is 1.10. The van der Waals surface area contributed by atoms with Crippen molar-refractivity contribution in [2.45, 2.75) is 78.0 Å². The molecule has 0 saturated carbocycles. The number of rotatable bonds is 14. The van der Waals surface area contributed by atoms with Gasteiger partial charge in [-0.15, -0.1) is 0 Å². The number of carboxylic acids is 1. The number of nitrogens with zero attached hydrogens (tertiary/aromatic N) is 2. The number of aromatic nitrogens is 2. The monoisotopic (exact) mass is 673 g/mol. The molecule has 9 heteroatoms. The van der Waals surface area contributed by atoms with E-state index in [4.69, 9.17) is 38.0 Å². The van der Waals surface area contributed by atoms with Crippen LogP contribution >= 0.6 is 23.2 Å². The van der Waals surface area contributed by atoms with Crippen molar-refractivity contribution >= 4 is 35.1 Å². The van der Waals surface area contributed by atoms with E-state index in [9.17, 15) is 9.59 Å². The Morgan fingerprint density at radius 1 is 1.04 bits per heavy atom. The molecule has 3 aromatic carbocycles. The number of halogens is 2. The third kappa shape index (κ3) is 9.05. The maximum atomic E-state index is 13.7. The number of unbranched alkanes of at least 4 members (excludes halogenated alkanes) is 1. The summed E-state index contributed by atoms with van der Waals surface area (Å²) in [6.45, 7) is 5.43. The summed E-state index contributed by atoms with van der Waals surface area (Å²) in [6.07, 6.45) is 10.5. The van der Waals surface area contributed by atoms with E-state index in [1.54, 1.807) is 36.4 Å². The fourth-order valence-corrected chi connectivity index (χ4v) is 6.34. The zero-order valence-electron chi connectivity index (χ0n) is 26.8. The second kappa shape index (κ2) is 16.2. The first-order valence-corrected chi connectivity index (χ1v) is 17.1. The van der Waals surface area contributed by atoms with Crippen molar-refractivity contribution in [2.24, 2.45) is 5.92 Å². The Kier molecular flexibility index (Phi) is 11.8. The highest BCUT2D eigenvalue weighted by atomic mass is 35.5. The summed E-state index contributed by atoms with van der Waals surface area (Å²) in [7, 11) is 0. The summed E-state index contributed by atoms with van der Waals surface area (Å²) < 4.78 is 8.11. The molecule has 4 aromatic rings. The minimum Gasteiger partial charge on any atom is -0.489 e. The number of hydrogen-bond acceptors (Lipinski definition) is 4. The van der Waals surface area contributed by atoms with E-state index in [1.807, 2.05) is 36.5 Å². The first kappa shape index (κ1) is 34.3. The third-order valence-corrected chi connectivity index (χ3v) is 9.29. The van der Waals surface area contributed by atoms with Crippen molar-refractivity contribution in [1.82, 2.24) is 14.9 Å². The molecule has 0 fully saturated rings. The zero-order chi connectivity index (χ0) is 33.3. The van der Waals surface area contributed by atoms with Crippen molar-refractivity contribution in [1.29, 1.82) is 0 Å². The summed E-state index contributed by atoms with van der Waals surface area (Å²) in [5.41, 5.74) is 4.50. The average Bonchev–Trinajstić information content (AvgIpc) is 3.50. The molecule has 246 valence electrons. The predicted molar refractivity (Wildman–Crippen MR) is 187 cm³/mol. The lowest BCUT2D eigenvalue weighted by Gasteiger charge is -2.24. The molecule has 2 atom stereocenters. The van der Waals surface area contributed by atoms with E-state index in [0.29, 0.717) is 34.7 Å². The molecule has 0 radical (unpaired) electrons. The van der Waals surface area contributed by atoms with Crippen molar-refractivity contribution in [2.75, 3.05) is 0 Å². The van der Waals surface area contributed by atoms with Gasteiger partial charge in [0.25, 0.3) is 0 Å². The molecule has 1 unspecified atom stereocenters. The molecule has 1 aromatic heterocycles. The van der Waals surface area contributed by atoms with Crippen LogP contribution in [-0.2, 0) is 24.4 Å². The number of benzene rings is 3. The molecule has 0 bridgehead atoms. The predicted octanol–water partition coefficient (Wildman–Crippen LogP) is 9.47. The molecule has 1 aliphatic rings. The van der Waals surface area contributed by atoms with Crippen molar-refractivity contribution in [3.63, 3.8) is 0 Å². The summed E-state index contributed by atoms with van der Waals surface area (Å²) >= 11 is 12.8. The number of aryl methyl sites for hydroxylation is 1. The number of imidazole rings is 1. The van der Waals surface area contributed by atoms with Gasteiger partial charge in [0.15, 0.2) is 0 Å². The SMILES string of the molecule is CCCCn1cc(-c2ccc(Cl)cc2Cl)nc1[C@H](Cc1ccc(OCc2ccc(C(=O)O)cc2)cc1)NC(=O)C1=CCC(CC)CC1. The van der Waals surface area contributed by atoms with Crippen LogP contribution in [0.1, 0.15) is 85.7 Å². The fourth-order valence-electron chi connectivity index (χ4n) is 5.83. The van der Waals surface area contributed by atoms with Crippen LogP contribution < -0.4 is 10.1 Å². The quantitative estimate of drug-likeness (QED) is 0.139. The number of carboxylic acid groups (broad SMARTS) is 1. The largest absolute Gasteiger partial charge is 0.489 e. The minimum atomic E-state index is -0.957.